The van der Waals surface area contributed by atoms with Crippen LogP contribution >= 0.6 is 0 Å². The molecule has 1 saturated carbocycles. The van der Waals surface area contributed by atoms with E-state index in [0.29, 0.717) is 0 Å². The highest BCUT2D eigenvalue weighted by atomic mass is 15.2. The molecule has 1 saturated heterocycles. The van der Waals surface area contributed by atoms with Crippen molar-refractivity contribution in [1.29, 1.82) is 0 Å². The summed E-state index contributed by atoms with van der Waals surface area (Å²) in [7, 11) is 0. The summed E-state index contributed by atoms with van der Waals surface area (Å²) in [6.07, 6.45) is 7.03. The first-order chi connectivity index (χ1) is 7.92. The van der Waals surface area contributed by atoms with Crippen molar-refractivity contribution in [1.82, 2.24) is 4.90 Å². The predicted molar refractivity (Wildman–Crippen MR) is 67.5 cm³/mol. The standard InChI is InChI=1S/C15H21N/c1-2-5-13(6-3-1)11-15-7-4-10-16(15)12-14-8-9-14/h1-3,5-6,14-15H,4,7-12H2. The molecule has 0 amide bonds. The Morgan fingerprint density at radius 1 is 1.06 bits per heavy atom. The van der Waals surface area contributed by atoms with Crippen LogP contribution in [0.1, 0.15) is 31.2 Å². The van der Waals surface area contributed by atoms with Gasteiger partial charge in [0, 0.05) is 12.6 Å². The van der Waals surface area contributed by atoms with Crippen molar-refractivity contribution >= 4 is 0 Å². The van der Waals surface area contributed by atoms with E-state index < -0.39 is 0 Å². The van der Waals surface area contributed by atoms with Crippen molar-refractivity contribution in [2.45, 2.75) is 38.1 Å². The van der Waals surface area contributed by atoms with Crippen LogP contribution in [0, 0.1) is 5.92 Å². The van der Waals surface area contributed by atoms with Gasteiger partial charge in [0.15, 0.2) is 0 Å². The number of nitrogens with zero attached hydrogens (tertiary/aromatic N) is 1. The monoisotopic (exact) mass is 215 g/mol. The summed E-state index contributed by atoms with van der Waals surface area (Å²) < 4.78 is 0. The van der Waals surface area contributed by atoms with Gasteiger partial charge < -0.3 is 0 Å². The zero-order chi connectivity index (χ0) is 10.8. The molecule has 1 aromatic rings. The molecule has 2 fully saturated rings. The Morgan fingerprint density at radius 3 is 2.62 bits per heavy atom. The summed E-state index contributed by atoms with van der Waals surface area (Å²) >= 11 is 0. The lowest BCUT2D eigenvalue weighted by molar-refractivity contribution is 0.242. The minimum atomic E-state index is 0.822. The zero-order valence-corrected chi connectivity index (χ0v) is 9.94. The van der Waals surface area contributed by atoms with E-state index in [1.807, 2.05) is 0 Å². The zero-order valence-electron chi connectivity index (χ0n) is 9.94. The maximum absolute atomic E-state index is 2.74. The predicted octanol–water partition coefficient (Wildman–Crippen LogP) is 3.10. The van der Waals surface area contributed by atoms with Gasteiger partial charge in [0.25, 0.3) is 0 Å². The molecule has 16 heavy (non-hydrogen) atoms. The molecule has 0 radical (unpaired) electrons. The van der Waals surface area contributed by atoms with Gasteiger partial charge >= 0.3 is 0 Å². The molecule has 1 nitrogen and oxygen atoms in total. The molecule has 0 bridgehead atoms. The van der Waals surface area contributed by atoms with E-state index in [1.165, 1.54) is 50.8 Å². The van der Waals surface area contributed by atoms with E-state index in [4.69, 9.17) is 0 Å². The van der Waals surface area contributed by atoms with Crippen molar-refractivity contribution in [3.8, 4) is 0 Å². The first kappa shape index (κ1) is 10.3. The smallest absolute Gasteiger partial charge is 0.0136 e. The first-order valence-electron chi connectivity index (χ1n) is 6.70. The highest BCUT2D eigenvalue weighted by Gasteiger charge is 2.30. The molecule has 0 spiro atoms. The van der Waals surface area contributed by atoms with Crippen LogP contribution in [0.15, 0.2) is 30.3 Å². The largest absolute Gasteiger partial charge is 0.300 e. The molecule has 3 rings (SSSR count). The second-order valence-electron chi connectivity index (χ2n) is 5.42. The highest BCUT2D eigenvalue weighted by Crippen LogP contribution is 2.32. The van der Waals surface area contributed by atoms with Crippen LogP contribution in [0.3, 0.4) is 0 Å². The molecule has 86 valence electrons. The molecule has 0 N–H and O–H groups in total. The Hall–Kier alpha value is -0.820. The van der Waals surface area contributed by atoms with Crippen LogP contribution in [0.5, 0.6) is 0 Å². The third-order valence-electron chi connectivity index (χ3n) is 4.00. The Balaban J connectivity index is 1.60. The number of rotatable bonds is 4. The third kappa shape index (κ3) is 2.46. The summed E-state index contributed by atoms with van der Waals surface area (Å²) in [4.78, 5) is 2.74. The van der Waals surface area contributed by atoms with Crippen LogP contribution in [-0.4, -0.2) is 24.0 Å². The minimum absolute atomic E-state index is 0.822. The van der Waals surface area contributed by atoms with Crippen LogP contribution in [-0.2, 0) is 6.42 Å². The Bertz CT molecular complexity index is 329. The van der Waals surface area contributed by atoms with E-state index in [-0.39, 0.29) is 0 Å². The molecular formula is C15H21N. The van der Waals surface area contributed by atoms with Gasteiger partial charge in [0.2, 0.25) is 0 Å². The van der Waals surface area contributed by atoms with Gasteiger partial charge in [0.1, 0.15) is 0 Å². The number of benzene rings is 1. The Labute approximate surface area is 98.5 Å². The number of hydrogen-bond acceptors (Lipinski definition) is 1. The summed E-state index contributed by atoms with van der Waals surface area (Å²) in [5.41, 5.74) is 1.51. The number of hydrogen-bond donors (Lipinski definition) is 0. The highest BCUT2D eigenvalue weighted by molar-refractivity contribution is 5.16. The van der Waals surface area contributed by atoms with E-state index in [9.17, 15) is 0 Å². The lowest BCUT2D eigenvalue weighted by Gasteiger charge is -2.24. The molecular weight excluding hydrogens is 194 g/mol. The Kier molecular flexibility index (Phi) is 2.96. The van der Waals surface area contributed by atoms with Gasteiger partial charge in [-0.2, -0.15) is 0 Å². The van der Waals surface area contributed by atoms with Crippen molar-refractivity contribution < 1.29 is 0 Å². The summed E-state index contributed by atoms with van der Waals surface area (Å²) in [5.74, 6) is 1.04. The first-order valence-corrected chi connectivity index (χ1v) is 6.70. The lowest BCUT2D eigenvalue weighted by Crippen LogP contribution is -2.32. The fourth-order valence-corrected chi connectivity index (χ4v) is 2.88. The second kappa shape index (κ2) is 4.58. The minimum Gasteiger partial charge on any atom is -0.300 e. The van der Waals surface area contributed by atoms with Crippen molar-refractivity contribution in [2.75, 3.05) is 13.1 Å². The van der Waals surface area contributed by atoms with Crippen LogP contribution in [0.2, 0.25) is 0 Å². The average Bonchev–Trinajstić information content (AvgIpc) is 3.02. The fraction of sp³-hybridized carbons (Fsp3) is 0.600. The van der Waals surface area contributed by atoms with Gasteiger partial charge in [-0.1, -0.05) is 30.3 Å². The average molecular weight is 215 g/mol. The normalized spacial score (nSPS) is 26.1. The third-order valence-corrected chi connectivity index (χ3v) is 4.00. The molecule has 0 aromatic heterocycles. The molecule has 1 aromatic carbocycles. The fourth-order valence-electron chi connectivity index (χ4n) is 2.88. The van der Waals surface area contributed by atoms with Crippen LogP contribution in [0.25, 0.3) is 0 Å². The maximum atomic E-state index is 2.74. The van der Waals surface area contributed by atoms with E-state index in [1.54, 1.807) is 0 Å². The summed E-state index contributed by atoms with van der Waals surface area (Å²) in [6, 6.07) is 11.8. The summed E-state index contributed by atoms with van der Waals surface area (Å²) in [6.45, 7) is 2.71. The van der Waals surface area contributed by atoms with Crippen LogP contribution in [0.4, 0.5) is 0 Å². The van der Waals surface area contributed by atoms with E-state index in [2.05, 4.69) is 35.2 Å². The van der Waals surface area contributed by atoms with Crippen LogP contribution < -0.4 is 0 Å². The molecule has 1 heteroatoms. The van der Waals surface area contributed by atoms with Crippen molar-refractivity contribution in [3.63, 3.8) is 0 Å². The molecule has 1 atom stereocenters. The van der Waals surface area contributed by atoms with Gasteiger partial charge in [-0.15, -0.1) is 0 Å². The summed E-state index contributed by atoms with van der Waals surface area (Å²) in [5, 5.41) is 0. The molecule has 1 aliphatic heterocycles. The van der Waals surface area contributed by atoms with Crippen molar-refractivity contribution in [3.05, 3.63) is 35.9 Å². The number of likely N-dealkylation sites (tertiary alicyclic amines) is 1. The van der Waals surface area contributed by atoms with Gasteiger partial charge in [-0.3, -0.25) is 4.90 Å². The van der Waals surface area contributed by atoms with E-state index >= 15 is 0 Å². The van der Waals surface area contributed by atoms with Gasteiger partial charge in [-0.25, -0.2) is 0 Å². The maximum Gasteiger partial charge on any atom is 0.0136 e. The quantitative estimate of drug-likeness (QED) is 0.746. The topological polar surface area (TPSA) is 3.24 Å². The van der Waals surface area contributed by atoms with Gasteiger partial charge in [-0.05, 0) is 50.1 Å². The van der Waals surface area contributed by atoms with Gasteiger partial charge in [0.05, 0.1) is 0 Å². The lowest BCUT2D eigenvalue weighted by atomic mass is 10.0. The van der Waals surface area contributed by atoms with E-state index in [0.717, 1.165) is 12.0 Å². The second-order valence-corrected chi connectivity index (χ2v) is 5.42. The Morgan fingerprint density at radius 2 is 1.88 bits per heavy atom. The molecule has 2 aliphatic rings. The molecule has 1 aliphatic carbocycles. The molecule has 1 unspecified atom stereocenters. The SMILES string of the molecule is c1ccc(CC2CCCN2CC2CC2)cc1. The molecule has 1 heterocycles. The van der Waals surface area contributed by atoms with Crippen molar-refractivity contribution in [2.24, 2.45) is 5.92 Å².